The van der Waals surface area contributed by atoms with Crippen molar-refractivity contribution in [1.82, 2.24) is 14.8 Å². The Morgan fingerprint density at radius 3 is 2.41 bits per heavy atom. The summed E-state index contributed by atoms with van der Waals surface area (Å²) in [4.78, 5) is 29.6. The number of amides is 1. The van der Waals surface area contributed by atoms with Gasteiger partial charge >= 0.3 is 5.97 Å². The van der Waals surface area contributed by atoms with E-state index in [1.54, 1.807) is 28.9 Å². The second kappa shape index (κ2) is 8.07. The number of esters is 1. The lowest BCUT2D eigenvalue weighted by Gasteiger charge is -2.04. The van der Waals surface area contributed by atoms with E-state index in [1.165, 1.54) is 18.4 Å². The Morgan fingerprint density at radius 2 is 1.76 bits per heavy atom. The van der Waals surface area contributed by atoms with Gasteiger partial charge in [-0.15, -0.1) is 16.4 Å². The third-order valence-corrected chi connectivity index (χ3v) is 4.98. The summed E-state index contributed by atoms with van der Waals surface area (Å²) >= 11 is 1.52. The third-order valence-electron chi connectivity index (χ3n) is 4.12. The highest BCUT2D eigenvalue weighted by atomic mass is 32.1. The second-order valence-corrected chi connectivity index (χ2v) is 6.95. The summed E-state index contributed by atoms with van der Waals surface area (Å²) in [7, 11) is 1.32. The molecule has 0 bridgehead atoms. The van der Waals surface area contributed by atoms with Gasteiger partial charge in [-0.1, -0.05) is 24.3 Å². The molecule has 1 N–H and O–H groups in total. The molecule has 2 aromatic heterocycles. The summed E-state index contributed by atoms with van der Waals surface area (Å²) in [5.41, 5.74) is 1.73. The molecule has 0 radical (unpaired) electrons. The van der Waals surface area contributed by atoms with E-state index in [9.17, 15) is 9.59 Å². The van der Waals surface area contributed by atoms with E-state index >= 15 is 0 Å². The van der Waals surface area contributed by atoms with Crippen LogP contribution < -0.4 is 5.32 Å². The van der Waals surface area contributed by atoms with Crippen LogP contribution in [0, 0.1) is 0 Å². The number of nitrogens with one attached hydrogen (secondary N) is 1. The highest BCUT2D eigenvalue weighted by Gasteiger charge is 2.19. The van der Waals surface area contributed by atoms with Gasteiger partial charge in [0.05, 0.1) is 23.2 Å². The Balaban J connectivity index is 1.63. The van der Waals surface area contributed by atoms with E-state index in [1.807, 2.05) is 47.8 Å². The SMILES string of the molecule is COC(=O)c1ccc(NC(=O)c2nc(-c3cccs3)n(-c3ccccc3)n2)cc1. The number of hydrogen-bond acceptors (Lipinski definition) is 6. The van der Waals surface area contributed by atoms with Gasteiger partial charge in [-0.25, -0.2) is 14.5 Å². The molecule has 0 aliphatic heterocycles. The van der Waals surface area contributed by atoms with E-state index < -0.39 is 11.9 Å². The first kappa shape index (κ1) is 18.6. The van der Waals surface area contributed by atoms with Crippen LogP contribution in [0.3, 0.4) is 0 Å². The predicted molar refractivity (Wildman–Crippen MR) is 110 cm³/mol. The number of nitrogens with zero attached hydrogens (tertiary/aromatic N) is 3. The van der Waals surface area contributed by atoms with E-state index in [-0.39, 0.29) is 5.82 Å². The average molecular weight is 404 g/mol. The number of anilines is 1. The molecule has 0 spiro atoms. The summed E-state index contributed by atoms with van der Waals surface area (Å²) < 4.78 is 6.33. The number of methoxy groups -OCH3 is 1. The maximum atomic E-state index is 12.7. The van der Waals surface area contributed by atoms with Crippen molar-refractivity contribution in [2.75, 3.05) is 12.4 Å². The van der Waals surface area contributed by atoms with Gasteiger partial charge in [-0.05, 0) is 47.8 Å². The summed E-state index contributed by atoms with van der Waals surface area (Å²) in [5.74, 6) is -0.235. The van der Waals surface area contributed by atoms with Gasteiger partial charge in [0, 0.05) is 5.69 Å². The van der Waals surface area contributed by atoms with Crippen LogP contribution in [0.5, 0.6) is 0 Å². The lowest BCUT2D eigenvalue weighted by molar-refractivity contribution is 0.0600. The molecule has 7 nitrogen and oxygen atoms in total. The number of carbonyl (C=O) groups excluding carboxylic acids is 2. The van der Waals surface area contributed by atoms with Crippen molar-refractivity contribution in [3.63, 3.8) is 0 Å². The summed E-state index contributed by atoms with van der Waals surface area (Å²) in [6, 6.07) is 19.8. The molecule has 0 aliphatic rings. The summed E-state index contributed by atoms with van der Waals surface area (Å²) in [5, 5.41) is 9.12. The fourth-order valence-corrected chi connectivity index (χ4v) is 3.42. The quantitative estimate of drug-likeness (QED) is 0.508. The zero-order valence-corrected chi connectivity index (χ0v) is 16.2. The first-order valence-corrected chi connectivity index (χ1v) is 9.60. The topological polar surface area (TPSA) is 86.1 Å². The van der Waals surface area contributed by atoms with Crippen LogP contribution in [-0.4, -0.2) is 33.8 Å². The highest BCUT2D eigenvalue weighted by molar-refractivity contribution is 7.13. The second-order valence-electron chi connectivity index (χ2n) is 6.01. The molecule has 0 atom stereocenters. The molecule has 2 heterocycles. The van der Waals surface area contributed by atoms with Crippen molar-refractivity contribution in [3.05, 3.63) is 83.5 Å². The maximum Gasteiger partial charge on any atom is 0.337 e. The van der Waals surface area contributed by atoms with Crippen LogP contribution in [0.2, 0.25) is 0 Å². The number of ether oxygens (including phenoxy) is 1. The molecule has 8 heteroatoms. The largest absolute Gasteiger partial charge is 0.465 e. The molecule has 2 aromatic carbocycles. The molecular formula is C21H16N4O3S. The van der Waals surface area contributed by atoms with Crippen molar-refractivity contribution in [3.8, 4) is 16.4 Å². The molecule has 29 heavy (non-hydrogen) atoms. The van der Waals surface area contributed by atoms with Crippen molar-refractivity contribution in [2.24, 2.45) is 0 Å². The highest BCUT2D eigenvalue weighted by Crippen LogP contribution is 2.25. The van der Waals surface area contributed by atoms with Crippen molar-refractivity contribution in [1.29, 1.82) is 0 Å². The van der Waals surface area contributed by atoms with Gasteiger partial charge in [-0.2, -0.15) is 0 Å². The van der Waals surface area contributed by atoms with E-state index in [0.29, 0.717) is 17.1 Å². The third kappa shape index (κ3) is 3.92. The molecule has 0 aliphatic carbocycles. The first-order chi connectivity index (χ1) is 14.2. The zero-order valence-electron chi connectivity index (χ0n) is 15.4. The maximum absolute atomic E-state index is 12.7. The lowest BCUT2D eigenvalue weighted by atomic mass is 10.2. The number of carbonyl (C=O) groups is 2. The number of benzene rings is 2. The van der Waals surface area contributed by atoms with Crippen LogP contribution in [0.25, 0.3) is 16.4 Å². The lowest BCUT2D eigenvalue weighted by Crippen LogP contribution is -2.14. The Hall–Kier alpha value is -3.78. The van der Waals surface area contributed by atoms with E-state index in [4.69, 9.17) is 0 Å². The number of thiophene rings is 1. The van der Waals surface area contributed by atoms with E-state index in [0.717, 1.165) is 10.6 Å². The average Bonchev–Trinajstić information content (AvgIpc) is 3.44. The van der Waals surface area contributed by atoms with Crippen molar-refractivity contribution in [2.45, 2.75) is 0 Å². The zero-order chi connectivity index (χ0) is 20.2. The minimum absolute atomic E-state index is 0.0503. The molecule has 1 amide bonds. The Bertz CT molecular complexity index is 1140. The standard InChI is InChI=1S/C21H16N4O3S/c1-28-21(27)14-9-11-15(12-10-14)22-20(26)18-23-19(17-8-5-13-29-17)25(24-18)16-6-3-2-4-7-16/h2-13H,1H3,(H,22,26). The number of aromatic nitrogens is 3. The summed E-state index contributed by atoms with van der Waals surface area (Å²) in [6.45, 7) is 0. The van der Waals surface area contributed by atoms with Gasteiger partial charge in [0.25, 0.3) is 5.91 Å². The van der Waals surface area contributed by atoms with Gasteiger partial charge in [0.15, 0.2) is 5.82 Å². The molecular weight excluding hydrogens is 388 g/mol. The predicted octanol–water partition coefficient (Wildman–Crippen LogP) is 4.03. The normalized spacial score (nSPS) is 10.5. The number of rotatable bonds is 5. The molecule has 0 saturated carbocycles. The van der Waals surface area contributed by atoms with Gasteiger partial charge in [-0.3, -0.25) is 4.79 Å². The van der Waals surface area contributed by atoms with Crippen molar-refractivity contribution < 1.29 is 14.3 Å². The van der Waals surface area contributed by atoms with Gasteiger partial charge < -0.3 is 10.1 Å². The minimum atomic E-state index is -0.441. The Morgan fingerprint density at radius 1 is 1.00 bits per heavy atom. The smallest absolute Gasteiger partial charge is 0.337 e. The number of para-hydroxylation sites is 1. The number of hydrogen-bond donors (Lipinski definition) is 1. The van der Waals surface area contributed by atoms with Crippen LogP contribution in [0.1, 0.15) is 21.0 Å². The fourth-order valence-electron chi connectivity index (χ4n) is 2.72. The Labute approximate surface area is 170 Å². The molecule has 0 fully saturated rings. The van der Waals surface area contributed by atoms with Crippen LogP contribution in [0.15, 0.2) is 72.1 Å². The Kier molecular flexibility index (Phi) is 5.17. The van der Waals surface area contributed by atoms with Crippen LogP contribution >= 0.6 is 11.3 Å². The monoisotopic (exact) mass is 404 g/mol. The molecule has 0 saturated heterocycles. The molecule has 4 rings (SSSR count). The molecule has 144 valence electrons. The first-order valence-electron chi connectivity index (χ1n) is 8.72. The minimum Gasteiger partial charge on any atom is -0.465 e. The van der Waals surface area contributed by atoms with Gasteiger partial charge in [0.1, 0.15) is 0 Å². The van der Waals surface area contributed by atoms with E-state index in [2.05, 4.69) is 20.1 Å². The fraction of sp³-hybridized carbons (Fsp3) is 0.0476. The summed E-state index contributed by atoms with van der Waals surface area (Å²) in [6.07, 6.45) is 0. The molecule has 4 aromatic rings. The van der Waals surface area contributed by atoms with Crippen molar-refractivity contribution >= 4 is 28.9 Å². The van der Waals surface area contributed by atoms with Crippen LogP contribution in [0.4, 0.5) is 5.69 Å². The van der Waals surface area contributed by atoms with Gasteiger partial charge in [0.2, 0.25) is 5.82 Å². The van der Waals surface area contributed by atoms with Crippen LogP contribution in [-0.2, 0) is 4.74 Å². The molecule has 0 unspecified atom stereocenters.